The summed E-state index contributed by atoms with van der Waals surface area (Å²) < 4.78 is 13.4. The van der Waals surface area contributed by atoms with E-state index in [1.807, 2.05) is 11.9 Å². The lowest BCUT2D eigenvalue weighted by Gasteiger charge is -2.17. The minimum absolute atomic E-state index is 0.0107. The molecule has 0 bridgehead atoms. The molecule has 3 aromatic rings. The van der Waals surface area contributed by atoms with Crippen LogP contribution in [-0.4, -0.2) is 40.7 Å². The van der Waals surface area contributed by atoms with E-state index in [4.69, 9.17) is 17.3 Å². The van der Waals surface area contributed by atoms with Crippen LogP contribution in [0.3, 0.4) is 0 Å². The highest BCUT2D eigenvalue weighted by atomic mass is 35.5. The minimum Gasteiger partial charge on any atom is -0.507 e. The third kappa shape index (κ3) is 5.70. The molecule has 0 atom stereocenters. The van der Waals surface area contributed by atoms with Crippen LogP contribution in [-0.2, 0) is 18.0 Å². The Balaban J connectivity index is 1.51. The molecule has 8 nitrogen and oxygen atoms in total. The third-order valence-corrected chi connectivity index (χ3v) is 5.62. The van der Waals surface area contributed by atoms with E-state index in [1.165, 1.54) is 6.07 Å². The number of aromatic hydroxyl groups is 1. The highest BCUT2D eigenvalue weighted by Crippen LogP contribution is 2.33. The van der Waals surface area contributed by atoms with Crippen LogP contribution < -0.4 is 16.4 Å². The number of aliphatic imine (C=N–C) groups is 1. The highest BCUT2D eigenvalue weighted by Gasteiger charge is 2.14. The van der Waals surface area contributed by atoms with Gasteiger partial charge in [0.1, 0.15) is 23.9 Å². The van der Waals surface area contributed by atoms with E-state index in [0.29, 0.717) is 51.0 Å². The van der Waals surface area contributed by atoms with E-state index in [-0.39, 0.29) is 24.0 Å². The molecule has 0 saturated carbocycles. The molecule has 35 heavy (non-hydrogen) atoms. The van der Waals surface area contributed by atoms with Crippen LogP contribution in [0.15, 0.2) is 65.4 Å². The highest BCUT2D eigenvalue weighted by molar-refractivity contribution is 6.30. The molecule has 2 aromatic carbocycles. The second kappa shape index (κ2) is 10.4. The maximum Gasteiger partial charge on any atom is 0.271 e. The molecule has 0 radical (unpaired) electrons. The van der Waals surface area contributed by atoms with Crippen molar-refractivity contribution in [3.63, 3.8) is 0 Å². The number of nitrogen functional groups attached to an aromatic ring is 1. The van der Waals surface area contributed by atoms with Crippen LogP contribution in [0.5, 0.6) is 5.75 Å². The lowest BCUT2D eigenvalue weighted by Crippen LogP contribution is -2.28. The van der Waals surface area contributed by atoms with Crippen molar-refractivity contribution >= 4 is 40.9 Å². The number of nitrogens with one attached hydrogen (secondary N) is 2. The van der Waals surface area contributed by atoms with Gasteiger partial charge in [0.2, 0.25) is 0 Å². The molecule has 1 aliphatic rings. The number of hydrogen-bond acceptors (Lipinski definition) is 7. The number of rotatable bonds is 7. The van der Waals surface area contributed by atoms with E-state index in [1.54, 1.807) is 54.9 Å². The second-order valence-corrected chi connectivity index (χ2v) is 8.42. The van der Waals surface area contributed by atoms with Crippen LogP contribution in [0.4, 0.5) is 21.6 Å². The first kappa shape index (κ1) is 24.0. The van der Waals surface area contributed by atoms with Gasteiger partial charge in [0.25, 0.3) is 5.91 Å². The van der Waals surface area contributed by atoms with Crippen LogP contribution in [0.25, 0.3) is 11.3 Å². The number of hydrogen-bond donors (Lipinski definition) is 4. The number of benzene rings is 2. The van der Waals surface area contributed by atoms with Gasteiger partial charge in [-0.3, -0.25) is 9.79 Å². The van der Waals surface area contributed by atoms with Gasteiger partial charge >= 0.3 is 0 Å². The fraction of sp³-hybridized carbons (Fsp3) is 0.160. The van der Waals surface area contributed by atoms with E-state index in [0.717, 1.165) is 0 Å². The summed E-state index contributed by atoms with van der Waals surface area (Å²) in [7, 11) is 1.86. The number of phenols is 1. The summed E-state index contributed by atoms with van der Waals surface area (Å²) in [6.07, 6.45) is 3.34. The van der Waals surface area contributed by atoms with Gasteiger partial charge in [-0.05, 0) is 42.5 Å². The van der Waals surface area contributed by atoms with Gasteiger partial charge in [0, 0.05) is 59.1 Å². The monoisotopic (exact) mass is 494 g/mol. The Morgan fingerprint density at radius 2 is 2.03 bits per heavy atom. The Morgan fingerprint density at radius 3 is 2.77 bits per heavy atom. The molecule has 0 unspecified atom stereocenters. The van der Waals surface area contributed by atoms with Gasteiger partial charge < -0.3 is 26.4 Å². The Hall–Kier alpha value is -4.11. The average Bonchev–Trinajstić information content (AvgIpc) is 2.85. The molecule has 1 aliphatic heterocycles. The number of carbonyl (C=O) groups is 1. The smallest absolute Gasteiger partial charge is 0.271 e. The maximum absolute atomic E-state index is 13.4. The number of carbonyl (C=O) groups excluding carboxylic acids is 1. The molecule has 1 amide bonds. The molecule has 4 rings (SSSR count). The molecule has 10 heteroatoms. The van der Waals surface area contributed by atoms with Crippen LogP contribution >= 0.6 is 11.6 Å². The van der Waals surface area contributed by atoms with Crippen LogP contribution in [0, 0.1) is 0 Å². The third-order valence-electron chi connectivity index (χ3n) is 5.39. The summed E-state index contributed by atoms with van der Waals surface area (Å²) in [5.41, 5.74) is 9.57. The molecule has 2 heterocycles. The number of nitrogens with zero attached hydrogens (tertiary/aromatic N) is 3. The van der Waals surface area contributed by atoms with Gasteiger partial charge in [-0.2, -0.15) is 0 Å². The molecule has 180 valence electrons. The molecule has 0 fully saturated rings. The topological polar surface area (TPSA) is 116 Å². The van der Waals surface area contributed by atoms with E-state index < -0.39 is 6.67 Å². The number of anilines is 3. The Labute approximate surface area is 207 Å². The first-order valence-corrected chi connectivity index (χ1v) is 11.1. The number of pyridine rings is 1. The fourth-order valence-electron chi connectivity index (χ4n) is 3.52. The predicted molar refractivity (Wildman–Crippen MR) is 136 cm³/mol. The van der Waals surface area contributed by atoms with Gasteiger partial charge in [-0.1, -0.05) is 17.7 Å². The maximum atomic E-state index is 13.4. The molecule has 0 aliphatic carbocycles. The Kier molecular flexibility index (Phi) is 7.17. The van der Waals surface area contributed by atoms with Gasteiger partial charge in [0.15, 0.2) is 0 Å². The number of halogens is 2. The van der Waals surface area contributed by atoms with Crippen molar-refractivity contribution in [2.75, 3.05) is 24.6 Å². The van der Waals surface area contributed by atoms with Gasteiger partial charge in [-0.25, -0.2) is 9.37 Å². The number of phenolic OH excluding ortho intramolecular Hbond substituents is 1. The summed E-state index contributed by atoms with van der Waals surface area (Å²) in [6, 6.07) is 13.2. The number of alkyl halides is 1. The summed E-state index contributed by atoms with van der Waals surface area (Å²) in [4.78, 5) is 22.7. The lowest BCUT2D eigenvalue weighted by molar-refractivity contribution is -0.117. The summed E-state index contributed by atoms with van der Waals surface area (Å²) in [5, 5.41) is 16.8. The van der Waals surface area contributed by atoms with Crippen molar-refractivity contribution in [1.29, 1.82) is 0 Å². The molecule has 1 aromatic heterocycles. The fourth-order valence-corrected chi connectivity index (χ4v) is 3.71. The SMILES string of the molecule is CN1C=C(C(=O)NCc2ccc(-c3cc(Nc4ccc(Cl)cc4CF)ccc3O)nc2N)N=CC1. The predicted octanol–water partition coefficient (Wildman–Crippen LogP) is 4.38. The van der Waals surface area contributed by atoms with Crippen LogP contribution in [0.1, 0.15) is 11.1 Å². The molecule has 0 spiro atoms. The standard InChI is InChI=1S/C25H24ClFN6O2/c1-33-9-8-29-22(14-33)25(35)30-13-15-2-5-21(32-24(15)28)19-11-18(4-7-23(19)34)31-20-6-3-17(26)10-16(20)12-27/h2-8,10-11,14,31,34H,9,12-13H2,1H3,(H2,28,32)(H,30,35). The zero-order valence-corrected chi connectivity index (χ0v) is 19.7. The van der Waals surface area contributed by atoms with Crippen molar-refractivity contribution in [3.8, 4) is 17.0 Å². The van der Waals surface area contributed by atoms with Crippen molar-refractivity contribution < 1.29 is 14.3 Å². The van der Waals surface area contributed by atoms with Crippen molar-refractivity contribution in [2.24, 2.45) is 4.99 Å². The first-order valence-electron chi connectivity index (χ1n) is 10.8. The van der Waals surface area contributed by atoms with Gasteiger partial charge in [-0.15, -0.1) is 0 Å². The number of aromatic nitrogens is 1. The second-order valence-electron chi connectivity index (χ2n) is 7.98. The zero-order chi connectivity index (χ0) is 24.9. The minimum atomic E-state index is -0.676. The Morgan fingerprint density at radius 1 is 1.20 bits per heavy atom. The lowest BCUT2D eigenvalue weighted by atomic mass is 10.1. The quantitative estimate of drug-likeness (QED) is 0.362. The van der Waals surface area contributed by atoms with Crippen molar-refractivity contribution in [1.82, 2.24) is 15.2 Å². The molecule has 5 N–H and O–H groups in total. The summed E-state index contributed by atoms with van der Waals surface area (Å²) in [5.74, 6) is -0.0877. The van der Waals surface area contributed by atoms with E-state index in [2.05, 4.69) is 20.6 Å². The normalized spacial score (nSPS) is 12.9. The number of amides is 1. The van der Waals surface area contributed by atoms with Crippen LogP contribution in [0.2, 0.25) is 5.02 Å². The molecule has 0 saturated heterocycles. The van der Waals surface area contributed by atoms with Crippen molar-refractivity contribution in [3.05, 3.63) is 76.6 Å². The zero-order valence-electron chi connectivity index (χ0n) is 18.9. The van der Waals surface area contributed by atoms with E-state index in [9.17, 15) is 14.3 Å². The van der Waals surface area contributed by atoms with E-state index >= 15 is 0 Å². The number of nitrogens with two attached hydrogens (primary N) is 1. The van der Waals surface area contributed by atoms with Gasteiger partial charge in [0.05, 0.1) is 12.2 Å². The van der Waals surface area contributed by atoms with Crippen molar-refractivity contribution in [2.45, 2.75) is 13.2 Å². The first-order chi connectivity index (χ1) is 16.8. The average molecular weight is 495 g/mol. The largest absolute Gasteiger partial charge is 0.507 e. The Bertz CT molecular complexity index is 1330. The summed E-state index contributed by atoms with van der Waals surface area (Å²) >= 11 is 5.96. The molecular formula is C25H24ClFN6O2. The molecular weight excluding hydrogens is 471 g/mol. The summed E-state index contributed by atoms with van der Waals surface area (Å²) in [6.45, 7) is 0.143.